The van der Waals surface area contributed by atoms with E-state index < -0.39 is 5.82 Å². The zero-order chi connectivity index (χ0) is 13.2. The van der Waals surface area contributed by atoms with Crippen LogP contribution in [0.3, 0.4) is 0 Å². The zero-order valence-electron chi connectivity index (χ0n) is 11.1. The van der Waals surface area contributed by atoms with Crippen LogP contribution in [0.4, 0.5) is 4.39 Å². The lowest BCUT2D eigenvalue weighted by Gasteiger charge is -2.09. The molecule has 0 aliphatic heterocycles. The van der Waals surface area contributed by atoms with E-state index in [4.69, 9.17) is 14.2 Å². The molecule has 0 heterocycles. The van der Waals surface area contributed by atoms with Crippen LogP contribution < -0.4 is 9.47 Å². The minimum atomic E-state index is -0.404. The summed E-state index contributed by atoms with van der Waals surface area (Å²) >= 11 is 0. The fourth-order valence-corrected chi connectivity index (χ4v) is 1.53. The lowest BCUT2D eigenvalue weighted by atomic mass is 10.2. The summed E-state index contributed by atoms with van der Waals surface area (Å²) in [5, 5.41) is 0. The van der Waals surface area contributed by atoms with Crippen LogP contribution in [0.15, 0.2) is 18.2 Å². The molecular formula is C14H21FO3. The van der Waals surface area contributed by atoms with Gasteiger partial charge in [0.2, 0.25) is 0 Å². The first-order valence-electron chi connectivity index (χ1n) is 6.32. The number of ether oxygens (including phenoxy) is 3. The zero-order valence-corrected chi connectivity index (χ0v) is 11.1. The summed E-state index contributed by atoms with van der Waals surface area (Å²) in [7, 11) is 1.52. The molecule has 18 heavy (non-hydrogen) atoms. The second kappa shape index (κ2) is 8.75. The predicted octanol–water partition coefficient (Wildman–Crippen LogP) is 3.77. The van der Waals surface area contributed by atoms with Crippen molar-refractivity contribution in [3.63, 3.8) is 0 Å². The maximum absolute atomic E-state index is 13.6. The van der Waals surface area contributed by atoms with Gasteiger partial charge in [0, 0.05) is 13.2 Å². The van der Waals surface area contributed by atoms with Gasteiger partial charge in [0.1, 0.15) is 5.75 Å². The van der Waals surface area contributed by atoms with E-state index in [9.17, 15) is 4.39 Å². The maximum Gasteiger partial charge on any atom is 0.188 e. The molecule has 0 unspecified atom stereocenters. The van der Waals surface area contributed by atoms with Gasteiger partial charge in [-0.25, -0.2) is 4.39 Å². The van der Waals surface area contributed by atoms with Gasteiger partial charge in [0.15, 0.2) is 18.4 Å². The molecule has 0 radical (unpaired) electrons. The molecule has 1 aromatic rings. The Morgan fingerprint density at radius 3 is 2.61 bits per heavy atom. The first-order chi connectivity index (χ1) is 8.77. The second-order valence-corrected chi connectivity index (χ2v) is 4.05. The molecule has 0 atom stereocenters. The van der Waals surface area contributed by atoms with Gasteiger partial charge in [0.25, 0.3) is 0 Å². The van der Waals surface area contributed by atoms with Crippen LogP contribution in [0.25, 0.3) is 0 Å². The first-order valence-corrected chi connectivity index (χ1v) is 6.32. The standard InChI is InChI=1S/C14H21FO3/c1-3-4-5-6-9-17-14-8-7-12(10-13(14)15)18-11-16-2/h7-8,10H,3-6,9,11H2,1-2H3. The Balaban J connectivity index is 2.37. The van der Waals surface area contributed by atoms with E-state index in [1.165, 1.54) is 26.0 Å². The number of rotatable bonds is 9. The van der Waals surface area contributed by atoms with Crippen molar-refractivity contribution in [3.8, 4) is 11.5 Å². The third-order valence-electron chi connectivity index (χ3n) is 2.50. The van der Waals surface area contributed by atoms with Gasteiger partial charge < -0.3 is 14.2 Å². The van der Waals surface area contributed by atoms with Crippen molar-refractivity contribution in [1.82, 2.24) is 0 Å². The highest BCUT2D eigenvalue weighted by atomic mass is 19.1. The number of benzene rings is 1. The van der Waals surface area contributed by atoms with Gasteiger partial charge in [-0.05, 0) is 18.6 Å². The van der Waals surface area contributed by atoms with Gasteiger partial charge in [-0.3, -0.25) is 0 Å². The average Bonchev–Trinajstić information content (AvgIpc) is 2.38. The van der Waals surface area contributed by atoms with Crippen molar-refractivity contribution in [2.24, 2.45) is 0 Å². The Hall–Kier alpha value is -1.29. The van der Waals surface area contributed by atoms with E-state index in [0.717, 1.165) is 12.8 Å². The molecule has 102 valence electrons. The minimum Gasteiger partial charge on any atom is -0.491 e. The summed E-state index contributed by atoms with van der Waals surface area (Å²) in [6, 6.07) is 4.56. The van der Waals surface area contributed by atoms with Crippen molar-refractivity contribution < 1.29 is 18.6 Å². The molecule has 0 N–H and O–H groups in total. The van der Waals surface area contributed by atoms with Gasteiger partial charge in [-0.2, -0.15) is 0 Å². The molecule has 0 amide bonds. The highest BCUT2D eigenvalue weighted by Gasteiger charge is 2.05. The molecular weight excluding hydrogens is 235 g/mol. The smallest absolute Gasteiger partial charge is 0.188 e. The summed E-state index contributed by atoms with van der Waals surface area (Å²) in [6.45, 7) is 2.81. The molecule has 0 saturated carbocycles. The Labute approximate surface area is 108 Å². The Morgan fingerprint density at radius 2 is 1.94 bits per heavy atom. The molecule has 1 rings (SSSR count). The van der Waals surface area contributed by atoms with Crippen molar-refractivity contribution >= 4 is 0 Å². The van der Waals surface area contributed by atoms with Crippen molar-refractivity contribution in [2.75, 3.05) is 20.5 Å². The van der Waals surface area contributed by atoms with Crippen LogP contribution in [0.5, 0.6) is 11.5 Å². The molecule has 0 aliphatic carbocycles. The van der Waals surface area contributed by atoms with Crippen molar-refractivity contribution in [3.05, 3.63) is 24.0 Å². The van der Waals surface area contributed by atoms with Crippen LogP contribution in [0, 0.1) is 5.82 Å². The highest BCUT2D eigenvalue weighted by molar-refractivity contribution is 5.33. The lowest BCUT2D eigenvalue weighted by molar-refractivity contribution is 0.0508. The van der Waals surface area contributed by atoms with Gasteiger partial charge in [-0.1, -0.05) is 26.2 Å². The largest absolute Gasteiger partial charge is 0.491 e. The van der Waals surface area contributed by atoms with E-state index in [1.54, 1.807) is 12.1 Å². The normalized spacial score (nSPS) is 10.4. The highest BCUT2D eigenvalue weighted by Crippen LogP contribution is 2.22. The number of methoxy groups -OCH3 is 1. The summed E-state index contributed by atoms with van der Waals surface area (Å²) < 4.78 is 28.9. The van der Waals surface area contributed by atoms with Gasteiger partial charge in [0.05, 0.1) is 6.61 Å². The molecule has 3 nitrogen and oxygen atoms in total. The predicted molar refractivity (Wildman–Crippen MR) is 68.5 cm³/mol. The Morgan fingerprint density at radius 1 is 1.11 bits per heavy atom. The van der Waals surface area contributed by atoms with E-state index in [-0.39, 0.29) is 12.5 Å². The van der Waals surface area contributed by atoms with E-state index in [0.29, 0.717) is 12.4 Å². The average molecular weight is 256 g/mol. The third-order valence-corrected chi connectivity index (χ3v) is 2.50. The summed E-state index contributed by atoms with van der Waals surface area (Å²) in [6.07, 6.45) is 4.44. The first kappa shape index (κ1) is 14.8. The summed E-state index contributed by atoms with van der Waals surface area (Å²) in [5.74, 6) is 0.308. The molecule has 0 bridgehead atoms. The third kappa shape index (κ3) is 5.36. The molecule has 0 spiro atoms. The molecule has 4 heteroatoms. The van der Waals surface area contributed by atoms with E-state index >= 15 is 0 Å². The molecule has 0 saturated heterocycles. The van der Waals surface area contributed by atoms with Crippen LogP contribution in [-0.2, 0) is 4.74 Å². The van der Waals surface area contributed by atoms with Gasteiger partial charge >= 0.3 is 0 Å². The molecule has 0 aliphatic rings. The van der Waals surface area contributed by atoms with Crippen molar-refractivity contribution in [2.45, 2.75) is 32.6 Å². The fraction of sp³-hybridized carbons (Fsp3) is 0.571. The van der Waals surface area contributed by atoms with Crippen LogP contribution in [-0.4, -0.2) is 20.5 Å². The fourth-order valence-electron chi connectivity index (χ4n) is 1.53. The maximum atomic E-state index is 13.6. The summed E-state index contributed by atoms with van der Waals surface area (Å²) in [5.41, 5.74) is 0. The van der Waals surface area contributed by atoms with Crippen molar-refractivity contribution in [1.29, 1.82) is 0 Å². The minimum absolute atomic E-state index is 0.108. The van der Waals surface area contributed by atoms with Crippen LogP contribution in [0.1, 0.15) is 32.6 Å². The number of unbranched alkanes of at least 4 members (excludes halogenated alkanes) is 3. The second-order valence-electron chi connectivity index (χ2n) is 4.05. The van der Waals surface area contributed by atoms with E-state index in [1.807, 2.05) is 0 Å². The van der Waals surface area contributed by atoms with Gasteiger partial charge in [-0.15, -0.1) is 0 Å². The molecule has 0 aromatic heterocycles. The molecule has 0 fully saturated rings. The lowest BCUT2D eigenvalue weighted by Crippen LogP contribution is -2.01. The number of hydrogen-bond acceptors (Lipinski definition) is 3. The Bertz CT molecular complexity index is 342. The monoisotopic (exact) mass is 256 g/mol. The number of hydrogen-bond donors (Lipinski definition) is 0. The van der Waals surface area contributed by atoms with Crippen LogP contribution >= 0.6 is 0 Å². The van der Waals surface area contributed by atoms with E-state index in [2.05, 4.69) is 6.92 Å². The molecule has 1 aromatic carbocycles. The quantitative estimate of drug-likeness (QED) is 0.497. The van der Waals surface area contributed by atoms with Crippen LogP contribution in [0.2, 0.25) is 0 Å². The SMILES string of the molecule is CCCCCCOc1ccc(OCOC)cc1F. The Kier molecular flexibility index (Phi) is 7.18. The topological polar surface area (TPSA) is 27.7 Å². The summed E-state index contributed by atoms with van der Waals surface area (Å²) in [4.78, 5) is 0. The number of halogens is 1.